The number of para-hydroxylation sites is 1. The van der Waals surface area contributed by atoms with Crippen molar-refractivity contribution >= 4 is 22.6 Å². The van der Waals surface area contributed by atoms with Crippen molar-refractivity contribution in [1.29, 1.82) is 0 Å². The number of benzene rings is 2. The van der Waals surface area contributed by atoms with Gasteiger partial charge < -0.3 is 14.9 Å². The Morgan fingerprint density at radius 2 is 1.79 bits per heavy atom. The average Bonchev–Trinajstić information content (AvgIpc) is 3.01. The van der Waals surface area contributed by atoms with Gasteiger partial charge in [-0.15, -0.1) is 0 Å². The Hall–Kier alpha value is -4.01. The number of rotatable bonds is 3. The van der Waals surface area contributed by atoms with Crippen LogP contribution in [0.4, 0.5) is 14.5 Å². The van der Waals surface area contributed by atoms with Crippen LogP contribution in [0, 0.1) is 11.6 Å². The van der Waals surface area contributed by atoms with E-state index in [1.165, 1.54) is 10.8 Å². The van der Waals surface area contributed by atoms with Gasteiger partial charge in [0.1, 0.15) is 17.2 Å². The maximum absolute atomic E-state index is 13.8. The van der Waals surface area contributed by atoms with Crippen molar-refractivity contribution in [2.75, 3.05) is 5.32 Å². The van der Waals surface area contributed by atoms with Crippen LogP contribution in [0.2, 0.25) is 0 Å². The highest BCUT2D eigenvalue weighted by atomic mass is 19.1. The quantitative estimate of drug-likeness (QED) is 0.558. The van der Waals surface area contributed by atoms with Gasteiger partial charge in [0.2, 0.25) is 0 Å². The lowest BCUT2D eigenvalue weighted by molar-refractivity contribution is 0.102. The van der Waals surface area contributed by atoms with Crippen molar-refractivity contribution in [3.63, 3.8) is 0 Å². The minimum absolute atomic E-state index is 0.0229. The van der Waals surface area contributed by atoms with Crippen molar-refractivity contribution in [1.82, 2.24) is 14.1 Å². The highest BCUT2D eigenvalue weighted by molar-refractivity contribution is 6.11. The number of hydrogen-bond acceptors (Lipinski definition) is 3. The van der Waals surface area contributed by atoms with Gasteiger partial charge in [-0.3, -0.25) is 9.59 Å². The maximum atomic E-state index is 13.8. The molecule has 0 bridgehead atoms. The molecule has 0 aliphatic heterocycles. The molecule has 2 aromatic carbocycles. The number of nitrogens with zero attached hydrogens (tertiary/aromatic N) is 2. The second-order valence-electron chi connectivity index (χ2n) is 6.36. The summed E-state index contributed by atoms with van der Waals surface area (Å²) in [5.41, 5.74) is -1.09. The summed E-state index contributed by atoms with van der Waals surface area (Å²) >= 11 is 0. The number of aromatic amines is 1. The number of aromatic nitrogens is 3. The Morgan fingerprint density at radius 1 is 1.07 bits per heavy atom. The number of fused-ring (bicyclic) bond motifs is 1. The summed E-state index contributed by atoms with van der Waals surface area (Å²) in [4.78, 5) is 40.7. The zero-order valence-electron chi connectivity index (χ0n) is 15.1. The Labute approximate surface area is 161 Å². The maximum Gasteiger partial charge on any atom is 0.333 e. The van der Waals surface area contributed by atoms with Crippen molar-refractivity contribution in [2.24, 2.45) is 7.05 Å². The Bertz CT molecular complexity index is 1370. The summed E-state index contributed by atoms with van der Waals surface area (Å²) in [7, 11) is 1.55. The van der Waals surface area contributed by atoms with Crippen LogP contribution in [-0.4, -0.2) is 20.0 Å². The first-order valence-corrected chi connectivity index (χ1v) is 8.53. The Kier molecular flexibility index (Phi) is 4.34. The van der Waals surface area contributed by atoms with Crippen LogP contribution in [0.15, 0.2) is 64.3 Å². The molecule has 0 aliphatic rings. The summed E-state index contributed by atoms with van der Waals surface area (Å²) in [6.45, 7) is 0. The number of aryl methyl sites for hydroxylation is 1. The molecule has 0 aliphatic carbocycles. The van der Waals surface area contributed by atoms with Crippen molar-refractivity contribution < 1.29 is 13.6 Å². The number of halogens is 2. The van der Waals surface area contributed by atoms with E-state index in [0.29, 0.717) is 11.8 Å². The standard InChI is InChI=1S/C20H14F2N4O3/c1-25-10-13(18(27)23-15-8-7-11(21)9-14(15)22)16-17(25)19(28)26(20(29)24-16)12-5-3-2-4-6-12/h2-10H,1H3,(H,23,27)(H,24,29). The van der Waals surface area contributed by atoms with Crippen LogP contribution in [0.5, 0.6) is 0 Å². The van der Waals surface area contributed by atoms with Crippen LogP contribution in [0.1, 0.15) is 10.4 Å². The van der Waals surface area contributed by atoms with Gasteiger partial charge in [-0.2, -0.15) is 0 Å². The minimum atomic E-state index is -0.946. The molecule has 0 spiro atoms. The molecule has 146 valence electrons. The molecule has 1 amide bonds. The Morgan fingerprint density at radius 3 is 2.48 bits per heavy atom. The van der Waals surface area contributed by atoms with Crippen molar-refractivity contribution in [3.8, 4) is 5.69 Å². The van der Waals surface area contributed by atoms with Crippen molar-refractivity contribution in [3.05, 3.63) is 92.8 Å². The fraction of sp³-hybridized carbons (Fsp3) is 0.0500. The minimum Gasteiger partial charge on any atom is -0.344 e. The third-order valence-corrected chi connectivity index (χ3v) is 4.46. The summed E-state index contributed by atoms with van der Waals surface area (Å²) in [6.07, 6.45) is 1.36. The van der Waals surface area contributed by atoms with E-state index in [1.54, 1.807) is 37.4 Å². The number of H-pyrrole nitrogens is 1. The van der Waals surface area contributed by atoms with Crippen LogP contribution < -0.4 is 16.6 Å². The number of carbonyl (C=O) groups excluding carboxylic acids is 1. The SMILES string of the molecule is Cn1cc(C(=O)Nc2ccc(F)cc2F)c2[nH]c(=O)n(-c3ccccc3)c(=O)c21. The summed E-state index contributed by atoms with van der Waals surface area (Å²) < 4.78 is 29.3. The van der Waals surface area contributed by atoms with E-state index in [1.807, 2.05) is 0 Å². The van der Waals surface area contributed by atoms with Crippen LogP contribution in [0.3, 0.4) is 0 Å². The highest BCUT2D eigenvalue weighted by Gasteiger charge is 2.21. The third-order valence-electron chi connectivity index (χ3n) is 4.46. The van der Waals surface area contributed by atoms with Crippen molar-refractivity contribution in [2.45, 2.75) is 0 Å². The summed E-state index contributed by atoms with van der Waals surface area (Å²) in [6, 6.07) is 11.1. The monoisotopic (exact) mass is 396 g/mol. The predicted molar refractivity (Wildman–Crippen MR) is 103 cm³/mol. The molecular weight excluding hydrogens is 382 g/mol. The molecule has 0 saturated carbocycles. The van der Waals surface area contributed by atoms with Gasteiger partial charge in [-0.05, 0) is 24.3 Å². The number of nitrogens with one attached hydrogen (secondary N) is 2. The third kappa shape index (κ3) is 3.12. The van der Waals surface area contributed by atoms with E-state index in [0.717, 1.165) is 16.7 Å². The van der Waals surface area contributed by atoms with Gasteiger partial charge in [0, 0.05) is 19.3 Å². The molecule has 0 saturated heterocycles. The average molecular weight is 396 g/mol. The van der Waals surface area contributed by atoms with E-state index < -0.39 is 28.8 Å². The first-order valence-electron chi connectivity index (χ1n) is 8.53. The second kappa shape index (κ2) is 6.86. The van der Waals surface area contributed by atoms with Gasteiger partial charge >= 0.3 is 5.69 Å². The van der Waals surface area contributed by atoms with Gasteiger partial charge in [-0.25, -0.2) is 18.1 Å². The molecule has 4 aromatic rings. The molecule has 0 atom stereocenters. The fourth-order valence-electron chi connectivity index (χ4n) is 3.14. The Balaban J connectivity index is 1.84. The molecule has 0 unspecified atom stereocenters. The molecule has 0 fully saturated rings. The molecule has 2 aromatic heterocycles. The zero-order chi connectivity index (χ0) is 20.7. The van der Waals surface area contributed by atoms with E-state index in [4.69, 9.17) is 0 Å². The van der Waals surface area contributed by atoms with Crippen LogP contribution in [0.25, 0.3) is 16.7 Å². The van der Waals surface area contributed by atoms with E-state index in [-0.39, 0.29) is 22.3 Å². The molecule has 7 nitrogen and oxygen atoms in total. The number of hydrogen-bond donors (Lipinski definition) is 2. The normalized spacial score (nSPS) is 11.0. The smallest absolute Gasteiger partial charge is 0.333 e. The van der Waals surface area contributed by atoms with Crippen LogP contribution in [-0.2, 0) is 7.05 Å². The van der Waals surface area contributed by atoms with Crippen LogP contribution >= 0.6 is 0 Å². The van der Waals surface area contributed by atoms with Gasteiger partial charge in [0.05, 0.1) is 22.5 Å². The highest BCUT2D eigenvalue weighted by Crippen LogP contribution is 2.19. The zero-order valence-corrected chi connectivity index (χ0v) is 15.1. The topological polar surface area (TPSA) is 88.9 Å². The van der Waals surface area contributed by atoms with E-state index in [9.17, 15) is 23.2 Å². The van der Waals surface area contributed by atoms with Gasteiger partial charge in [0.25, 0.3) is 11.5 Å². The lowest BCUT2D eigenvalue weighted by atomic mass is 10.2. The number of amides is 1. The van der Waals surface area contributed by atoms with E-state index in [2.05, 4.69) is 10.3 Å². The first kappa shape index (κ1) is 18.4. The lowest BCUT2D eigenvalue weighted by Gasteiger charge is -2.07. The lowest BCUT2D eigenvalue weighted by Crippen LogP contribution is -2.34. The molecular formula is C20H14F2N4O3. The predicted octanol–water partition coefficient (Wildman–Crippen LogP) is 2.55. The molecule has 2 heterocycles. The summed E-state index contributed by atoms with van der Waals surface area (Å²) in [5, 5.41) is 2.32. The van der Waals surface area contributed by atoms with E-state index >= 15 is 0 Å². The number of anilines is 1. The first-order chi connectivity index (χ1) is 13.9. The summed E-state index contributed by atoms with van der Waals surface area (Å²) in [5.74, 6) is -2.48. The van der Waals surface area contributed by atoms with Gasteiger partial charge in [0.15, 0.2) is 0 Å². The fourth-order valence-corrected chi connectivity index (χ4v) is 3.14. The molecule has 9 heteroatoms. The molecule has 2 N–H and O–H groups in total. The molecule has 4 rings (SSSR count). The second-order valence-corrected chi connectivity index (χ2v) is 6.36. The number of carbonyl (C=O) groups is 1. The largest absolute Gasteiger partial charge is 0.344 e. The molecule has 0 radical (unpaired) electrons. The molecule has 29 heavy (non-hydrogen) atoms. The van der Waals surface area contributed by atoms with Gasteiger partial charge in [-0.1, -0.05) is 18.2 Å².